The van der Waals surface area contributed by atoms with Gasteiger partial charge in [0.2, 0.25) is 0 Å². The van der Waals surface area contributed by atoms with Crippen LogP contribution in [0.4, 0.5) is 0 Å². The SMILES string of the molecule is N=C(N)c1ccc(OC2CCCCCC2)cc1Cl. The number of amidine groups is 1. The van der Waals surface area contributed by atoms with Crippen LogP contribution in [0.25, 0.3) is 0 Å². The zero-order valence-electron chi connectivity index (χ0n) is 10.4. The van der Waals surface area contributed by atoms with Gasteiger partial charge in [0.05, 0.1) is 11.1 Å². The van der Waals surface area contributed by atoms with Crippen molar-refractivity contribution in [2.24, 2.45) is 5.73 Å². The molecule has 1 fully saturated rings. The number of nitrogens with two attached hydrogens (primary N) is 1. The first-order chi connectivity index (χ1) is 8.66. The van der Waals surface area contributed by atoms with Gasteiger partial charge in [-0.25, -0.2) is 0 Å². The van der Waals surface area contributed by atoms with Crippen molar-refractivity contribution in [3.63, 3.8) is 0 Å². The Morgan fingerprint density at radius 3 is 2.44 bits per heavy atom. The molecule has 0 aliphatic heterocycles. The summed E-state index contributed by atoms with van der Waals surface area (Å²) in [5.74, 6) is 0.762. The summed E-state index contributed by atoms with van der Waals surface area (Å²) in [4.78, 5) is 0. The third-order valence-electron chi connectivity index (χ3n) is 3.34. The number of halogens is 1. The number of ether oxygens (including phenoxy) is 1. The smallest absolute Gasteiger partial charge is 0.124 e. The van der Waals surface area contributed by atoms with Gasteiger partial charge in [0.15, 0.2) is 0 Å². The van der Waals surface area contributed by atoms with Gasteiger partial charge in [-0.1, -0.05) is 24.4 Å². The molecule has 98 valence electrons. The molecule has 0 bridgehead atoms. The molecule has 3 N–H and O–H groups in total. The lowest BCUT2D eigenvalue weighted by Gasteiger charge is -2.17. The molecule has 0 heterocycles. The van der Waals surface area contributed by atoms with Crippen LogP contribution in [0.1, 0.15) is 44.1 Å². The lowest BCUT2D eigenvalue weighted by molar-refractivity contribution is 0.184. The molecule has 2 rings (SSSR count). The quantitative estimate of drug-likeness (QED) is 0.498. The van der Waals surface area contributed by atoms with Crippen molar-refractivity contribution in [1.29, 1.82) is 5.41 Å². The fourth-order valence-electron chi connectivity index (χ4n) is 2.34. The van der Waals surface area contributed by atoms with Crippen LogP contribution in [0.2, 0.25) is 5.02 Å². The standard InChI is InChI=1S/C14H19ClN2O/c15-13-9-11(7-8-12(13)14(16)17)18-10-5-3-1-2-4-6-10/h7-10H,1-6H2,(H3,16,17). The maximum Gasteiger partial charge on any atom is 0.124 e. The highest BCUT2D eigenvalue weighted by Crippen LogP contribution is 2.26. The third-order valence-corrected chi connectivity index (χ3v) is 3.65. The zero-order valence-corrected chi connectivity index (χ0v) is 11.2. The molecule has 0 atom stereocenters. The zero-order chi connectivity index (χ0) is 13.0. The number of hydrogen-bond donors (Lipinski definition) is 2. The highest BCUT2D eigenvalue weighted by molar-refractivity contribution is 6.34. The van der Waals surface area contributed by atoms with Gasteiger partial charge in [-0.2, -0.15) is 0 Å². The topological polar surface area (TPSA) is 59.1 Å². The maximum atomic E-state index is 7.38. The largest absolute Gasteiger partial charge is 0.490 e. The Balaban J connectivity index is 2.05. The van der Waals surface area contributed by atoms with E-state index in [2.05, 4.69) is 0 Å². The van der Waals surface area contributed by atoms with Gasteiger partial charge in [0.25, 0.3) is 0 Å². The van der Waals surface area contributed by atoms with E-state index in [-0.39, 0.29) is 5.84 Å². The highest BCUT2D eigenvalue weighted by Gasteiger charge is 2.14. The summed E-state index contributed by atoms with van der Waals surface area (Å²) in [6.07, 6.45) is 7.63. The third kappa shape index (κ3) is 3.39. The van der Waals surface area contributed by atoms with Crippen molar-refractivity contribution in [2.75, 3.05) is 0 Å². The minimum Gasteiger partial charge on any atom is -0.490 e. The molecular weight excluding hydrogens is 248 g/mol. The molecule has 3 nitrogen and oxygen atoms in total. The molecule has 0 radical (unpaired) electrons. The van der Waals surface area contributed by atoms with Crippen LogP contribution in [-0.2, 0) is 0 Å². The van der Waals surface area contributed by atoms with Crippen LogP contribution in [0, 0.1) is 5.41 Å². The van der Waals surface area contributed by atoms with E-state index in [1.165, 1.54) is 25.7 Å². The molecule has 0 unspecified atom stereocenters. The average Bonchev–Trinajstić information content (AvgIpc) is 2.57. The average molecular weight is 267 g/mol. The Morgan fingerprint density at radius 1 is 1.22 bits per heavy atom. The number of rotatable bonds is 3. The van der Waals surface area contributed by atoms with Crippen LogP contribution in [0.15, 0.2) is 18.2 Å². The van der Waals surface area contributed by atoms with Crippen LogP contribution in [0.5, 0.6) is 5.75 Å². The number of hydrogen-bond acceptors (Lipinski definition) is 2. The summed E-state index contributed by atoms with van der Waals surface area (Å²) >= 11 is 6.07. The van der Waals surface area contributed by atoms with E-state index >= 15 is 0 Å². The fraction of sp³-hybridized carbons (Fsp3) is 0.500. The minimum absolute atomic E-state index is 0.0129. The summed E-state index contributed by atoms with van der Waals surface area (Å²) in [6.45, 7) is 0. The second-order valence-electron chi connectivity index (χ2n) is 4.79. The van der Waals surface area contributed by atoms with Gasteiger partial charge in [0, 0.05) is 5.56 Å². The van der Waals surface area contributed by atoms with E-state index < -0.39 is 0 Å². The summed E-state index contributed by atoms with van der Waals surface area (Å²) < 4.78 is 5.96. The van der Waals surface area contributed by atoms with Gasteiger partial charge >= 0.3 is 0 Å². The summed E-state index contributed by atoms with van der Waals surface area (Å²) in [5.41, 5.74) is 5.99. The molecule has 1 aliphatic rings. The molecule has 4 heteroatoms. The van der Waals surface area contributed by atoms with E-state index in [0.29, 0.717) is 16.7 Å². The molecule has 1 aliphatic carbocycles. The van der Waals surface area contributed by atoms with Crippen LogP contribution in [0.3, 0.4) is 0 Å². The molecule has 18 heavy (non-hydrogen) atoms. The molecule has 1 saturated carbocycles. The normalized spacial score (nSPS) is 17.2. The molecule has 0 saturated heterocycles. The number of nitrogen functional groups attached to an aromatic ring is 1. The van der Waals surface area contributed by atoms with Crippen LogP contribution >= 0.6 is 11.6 Å². The van der Waals surface area contributed by atoms with Crippen molar-refractivity contribution in [2.45, 2.75) is 44.6 Å². The number of nitrogens with one attached hydrogen (secondary N) is 1. The molecule has 1 aromatic rings. The summed E-state index contributed by atoms with van der Waals surface area (Å²) in [7, 11) is 0. The van der Waals surface area contributed by atoms with Crippen LogP contribution < -0.4 is 10.5 Å². The first kappa shape index (κ1) is 13.2. The Morgan fingerprint density at radius 2 is 1.89 bits per heavy atom. The van der Waals surface area contributed by atoms with Crippen molar-refractivity contribution < 1.29 is 4.74 Å². The number of benzene rings is 1. The lowest BCUT2D eigenvalue weighted by atomic mass is 10.1. The summed E-state index contributed by atoms with van der Waals surface area (Å²) in [5, 5.41) is 7.86. The van der Waals surface area contributed by atoms with E-state index in [9.17, 15) is 0 Å². The van der Waals surface area contributed by atoms with E-state index in [1.807, 2.05) is 6.07 Å². The monoisotopic (exact) mass is 266 g/mol. The van der Waals surface area contributed by atoms with Gasteiger partial charge < -0.3 is 10.5 Å². The Kier molecular flexibility index (Phi) is 4.48. The molecule has 1 aromatic carbocycles. The minimum atomic E-state index is -0.0129. The Bertz CT molecular complexity index is 426. The van der Waals surface area contributed by atoms with Gasteiger partial charge in [-0.3, -0.25) is 5.41 Å². The predicted octanol–water partition coefficient (Wildman–Crippen LogP) is 3.73. The maximum absolute atomic E-state index is 7.38. The van der Waals surface area contributed by atoms with E-state index in [0.717, 1.165) is 18.6 Å². The molecule has 0 aromatic heterocycles. The second kappa shape index (κ2) is 6.10. The van der Waals surface area contributed by atoms with Crippen LogP contribution in [-0.4, -0.2) is 11.9 Å². The lowest BCUT2D eigenvalue weighted by Crippen LogP contribution is -2.16. The first-order valence-electron chi connectivity index (χ1n) is 6.47. The van der Waals surface area contributed by atoms with Gasteiger partial charge in [-0.15, -0.1) is 0 Å². The van der Waals surface area contributed by atoms with Crippen molar-refractivity contribution in [3.8, 4) is 5.75 Å². The molecule has 0 amide bonds. The van der Waals surface area contributed by atoms with Crippen molar-refractivity contribution in [1.82, 2.24) is 0 Å². The van der Waals surface area contributed by atoms with Crippen molar-refractivity contribution >= 4 is 17.4 Å². The fourth-order valence-corrected chi connectivity index (χ4v) is 2.61. The van der Waals surface area contributed by atoms with Gasteiger partial charge in [-0.05, 0) is 43.9 Å². The van der Waals surface area contributed by atoms with Gasteiger partial charge in [0.1, 0.15) is 11.6 Å². The molecule has 0 spiro atoms. The molecular formula is C14H19ClN2O. The van der Waals surface area contributed by atoms with E-state index in [4.69, 9.17) is 27.5 Å². The second-order valence-corrected chi connectivity index (χ2v) is 5.19. The highest BCUT2D eigenvalue weighted by atomic mass is 35.5. The Labute approximate surface area is 113 Å². The predicted molar refractivity (Wildman–Crippen MR) is 74.6 cm³/mol. The first-order valence-corrected chi connectivity index (χ1v) is 6.85. The van der Waals surface area contributed by atoms with Crippen molar-refractivity contribution in [3.05, 3.63) is 28.8 Å². The summed E-state index contributed by atoms with van der Waals surface area (Å²) in [6, 6.07) is 5.34. The Hall–Kier alpha value is -1.22. The van der Waals surface area contributed by atoms with E-state index in [1.54, 1.807) is 12.1 Å².